The molecule has 0 heterocycles. The van der Waals surface area contributed by atoms with Gasteiger partial charge in [0.25, 0.3) is 0 Å². The van der Waals surface area contributed by atoms with Crippen LogP contribution in [-0.2, 0) is 6.61 Å². The first-order chi connectivity index (χ1) is 11.6. The molecule has 0 aliphatic heterocycles. The van der Waals surface area contributed by atoms with Gasteiger partial charge in [-0.05, 0) is 42.7 Å². The molecule has 2 heteroatoms. The van der Waals surface area contributed by atoms with Crippen molar-refractivity contribution in [2.75, 3.05) is 0 Å². The summed E-state index contributed by atoms with van der Waals surface area (Å²) in [6.07, 6.45) is 0. The smallest absolute Gasteiger partial charge is 0.193 e. The van der Waals surface area contributed by atoms with Crippen LogP contribution < -0.4 is 4.74 Å². The number of ketones is 1. The van der Waals surface area contributed by atoms with E-state index < -0.39 is 0 Å². The molecule has 0 atom stereocenters. The fourth-order valence-corrected chi connectivity index (χ4v) is 2.48. The van der Waals surface area contributed by atoms with Crippen molar-refractivity contribution >= 4 is 5.78 Å². The van der Waals surface area contributed by atoms with E-state index in [9.17, 15) is 4.79 Å². The Hall–Kier alpha value is -2.87. The zero-order valence-electron chi connectivity index (χ0n) is 14.0. The minimum absolute atomic E-state index is 0.0391. The zero-order chi connectivity index (χ0) is 16.9. The van der Waals surface area contributed by atoms with Crippen molar-refractivity contribution < 1.29 is 9.53 Å². The van der Waals surface area contributed by atoms with Gasteiger partial charge in [-0.15, -0.1) is 0 Å². The Morgan fingerprint density at radius 3 is 2.12 bits per heavy atom. The highest BCUT2D eigenvalue weighted by molar-refractivity contribution is 6.08. The molecule has 3 aromatic carbocycles. The number of hydrogen-bond donors (Lipinski definition) is 0. The molecule has 0 bridgehead atoms. The molecule has 0 N–H and O–H groups in total. The lowest BCUT2D eigenvalue weighted by Gasteiger charge is -2.09. The number of benzene rings is 3. The first-order valence-corrected chi connectivity index (χ1v) is 8.02. The molecule has 0 unspecified atom stereocenters. The average molecular weight is 316 g/mol. The fraction of sp³-hybridized carbons (Fsp3) is 0.136. The van der Waals surface area contributed by atoms with Gasteiger partial charge >= 0.3 is 0 Å². The van der Waals surface area contributed by atoms with Crippen LogP contribution in [0.5, 0.6) is 5.75 Å². The van der Waals surface area contributed by atoms with E-state index in [2.05, 4.69) is 19.9 Å². The van der Waals surface area contributed by atoms with Crippen molar-refractivity contribution in [2.24, 2.45) is 0 Å². The minimum atomic E-state index is 0.0391. The molecule has 0 aliphatic rings. The monoisotopic (exact) mass is 316 g/mol. The Morgan fingerprint density at radius 2 is 1.46 bits per heavy atom. The Morgan fingerprint density at radius 1 is 0.792 bits per heavy atom. The summed E-state index contributed by atoms with van der Waals surface area (Å²) in [6.45, 7) is 4.65. The number of carbonyl (C=O) groups excluding carboxylic acids is 1. The highest BCUT2D eigenvalue weighted by atomic mass is 16.5. The zero-order valence-corrected chi connectivity index (χ0v) is 14.0. The van der Waals surface area contributed by atoms with Gasteiger partial charge in [-0.25, -0.2) is 0 Å². The largest absolute Gasteiger partial charge is 0.489 e. The molecular weight excluding hydrogens is 296 g/mol. The molecule has 0 amide bonds. The van der Waals surface area contributed by atoms with Crippen LogP contribution in [0.25, 0.3) is 0 Å². The molecule has 0 saturated heterocycles. The molecule has 2 nitrogen and oxygen atoms in total. The molecule has 3 aromatic rings. The fourth-order valence-electron chi connectivity index (χ4n) is 2.48. The molecule has 0 aliphatic carbocycles. The number of aryl methyl sites for hydroxylation is 2. The maximum atomic E-state index is 12.4. The van der Waals surface area contributed by atoms with Crippen molar-refractivity contribution in [2.45, 2.75) is 20.5 Å². The third-order valence-corrected chi connectivity index (χ3v) is 4.14. The molecule has 0 radical (unpaired) electrons. The predicted octanol–water partition coefficient (Wildman–Crippen LogP) is 5.11. The summed E-state index contributed by atoms with van der Waals surface area (Å²) in [5, 5.41) is 0. The van der Waals surface area contributed by atoms with Gasteiger partial charge in [0.2, 0.25) is 0 Å². The van der Waals surface area contributed by atoms with Gasteiger partial charge in [0.05, 0.1) is 0 Å². The second-order valence-corrected chi connectivity index (χ2v) is 5.93. The molecule has 3 rings (SSSR count). The van der Waals surface area contributed by atoms with Crippen molar-refractivity contribution in [1.29, 1.82) is 0 Å². The van der Waals surface area contributed by atoms with Gasteiger partial charge in [0, 0.05) is 11.1 Å². The van der Waals surface area contributed by atoms with Crippen molar-refractivity contribution in [3.8, 4) is 5.75 Å². The maximum absolute atomic E-state index is 12.4. The normalized spacial score (nSPS) is 10.4. The van der Waals surface area contributed by atoms with Crippen molar-refractivity contribution in [3.63, 3.8) is 0 Å². The Balaban J connectivity index is 1.66. The Kier molecular flexibility index (Phi) is 4.76. The van der Waals surface area contributed by atoms with Crippen LogP contribution in [0.4, 0.5) is 0 Å². The van der Waals surface area contributed by atoms with Gasteiger partial charge in [-0.3, -0.25) is 4.79 Å². The lowest BCUT2D eigenvalue weighted by atomic mass is 10.0. The predicted molar refractivity (Wildman–Crippen MR) is 96.6 cm³/mol. The molecular formula is C22H20O2. The van der Waals surface area contributed by atoms with E-state index in [-0.39, 0.29) is 5.78 Å². The quantitative estimate of drug-likeness (QED) is 0.611. The van der Waals surface area contributed by atoms with Crippen LogP contribution in [0, 0.1) is 13.8 Å². The van der Waals surface area contributed by atoms with E-state index in [1.54, 1.807) is 0 Å². The number of hydrogen-bond acceptors (Lipinski definition) is 2. The highest BCUT2D eigenvalue weighted by Crippen LogP contribution is 2.18. The summed E-state index contributed by atoms with van der Waals surface area (Å²) in [7, 11) is 0. The number of ether oxygens (including phenoxy) is 1. The summed E-state index contributed by atoms with van der Waals surface area (Å²) in [5.74, 6) is 0.903. The van der Waals surface area contributed by atoms with Crippen LogP contribution in [0.2, 0.25) is 0 Å². The first-order valence-electron chi connectivity index (χ1n) is 8.02. The molecule has 24 heavy (non-hydrogen) atoms. The molecule has 0 aromatic heterocycles. The van der Waals surface area contributed by atoms with Crippen molar-refractivity contribution in [3.05, 3.63) is 101 Å². The second-order valence-electron chi connectivity index (χ2n) is 5.93. The topological polar surface area (TPSA) is 26.3 Å². The van der Waals surface area contributed by atoms with Crippen LogP contribution in [0.3, 0.4) is 0 Å². The Labute approximate surface area is 142 Å². The number of carbonyl (C=O) groups is 1. The highest BCUT2D eigenvalue weighted by Gasteiger charge is 2.08. The van der Waals surface area contributed by atoms with Crippen LogP contribution in [0.15, 0.2) is 72.8 Å². The average Bonchev–Trinajstić information content (AvgIpc) is 2.63. The molecule has 0 spiro atoms. The first kappa shape index (κ1) is 16.0. The third kappa shape index (κ3) is 3.72. The van der Waals surface area contributed by atoms with E-state index in [0.717, 1.165) is 11.3 Å². The van der Waals surface area contributed by atoms with Gasteiger partial charge in [-0.1, -0.05) is 60.7 Å². The van der Waals surface area contributed by atoms with E-state index in [4.69, 9.17) is 4.74 Å². The van der Waals surface area contributed by atoms with E-state index in [1.807, 2.05) is 66.7 Å². The van der Waals surface area contributed by atoms with E-state index in [0.29, 0.717) is 17.7 Å². The summed E-state index contributed by atoms with van der Waals surface area (Å²) in [5.41, 5.74) is 4.91. The van der Waals surface area contributed by atoms with Crippen LogP contribution in [0.1, 0.15) is 32.6 Å². The van der Waals surface area contributed by atoms with Gasteiger partial charge in [-0.2, -0.15) is 0 Å². The summed E-state index contributed by atoms with van der Waals surface area (Å²) in [6, 6.07) is 23.0. The Bertz CT molecular complexity index is 834. The summed E-state index contributed by atoms with van der Waals surface area (Å²) < 4.78 is 5.83. The summed E-state index contributed by atoms with van der Waals surface area (Å²) in [4.78, 5) is 12.4. The molecule has 0 saturated carbocycles. The van der Waals surface area contributed by atoms with Crippen LogP contribution >= 0.6 is 0 Å². The maximum Gasteiger partial charge on any atom is 0.193 e. The molecule has 0 fully saturated rings. The van der Waals surface area contributed by atoms with E-state index in [1.165, 1.54) is 11.1 Å². The minimum Gasteiger partial charge on any atom is -0.489 e. The second kappa shape index (κ2) is 7.14. The third-order valence-electron chi connectivity index (χ3n) is 4.14. The molecule has 120 valence electrons. The number of rotatable bonds is 5. The SMILES string of the molecule is Cc1ccc(OCc2ccc(C(=O)c3ccccc3)cc2)cc1C. The van der Waals surface area contributed by atoms with Crippen LogP contribution in [-0.4, -0.2) is 5.78 Å². The van der Waals surface area contributed by atoms with Crippen molar-refractivity contribution in [1.82, 2.24) is 0 Å². The lowest BCUT2D eigenvalue weighted by molar-refractivity contribution is 0.103. The van der Waals surface area contributed by atoms with Gasteiger partial charge in [0.1, 0.15) is 12.4 Å². The van der Waals surface area contributed by atoms with Gasteiger partial charge in [0.15, 0.2) is 5.78 Å². The standard InChI is InChI=1S/C22H20O2/c1-16-8-13-21(14-17(16)2)24-15-18-9-11-20(12-10-18)22(23)19-6-4-3-5-7-19/h3-14H,15H2,1-2H3. The van der Waals surface area contributed by atoms with E-state index >= 15 is 0 Å². The summed E-state index contributed by atoms with van der Waals surface area (Å²) >= 11 is 0. The van der Waals surface area contributed by atoms with Gasteiger partial charge < -0.3 is 4.74 Å². The lowest BCUT2D eigenvalue weighted by Crippen LogP contribution is -2.02.